The number of rotatable bonds is 6. The molecule has 1 aromatic rings. The van der Waals surface area contributed by atoms with Gasteiger partial charge < -0.3 is 0 Å². The molecule has 5 aliphatic rings. The van der Waals surface area contributed by atoms with Crippen LogP contribution in [0.2, 0.25) is 0 Å². The van der Waals surface area contributed by atoms with E-state index in [1.54, 1.807) is 6.07 Å². The summed E-state index contributed by atoms with van der Waals surface area (Å²) in [6.07, 6.45) is 7.08. The Balaban J connectivity index is 1.56. The fourth-order valence-corrected chi connectivity index (χ4v) is 8.86. The number of hydrogen-bond donors (Lipinski definition) is 1. The van der Waals surface area contributed by atoms with Gasteiger partial charge in [0.25, 0.3) is 0 Å². The summed E-state index contributed by atoms with van der Waals surface area (Å²) in [5, 5.41) is 10.6. The van der Waals surface area contributed by atoms with Crippen LogP contribution in [0.1, 0.15) is 49.7 Å². The number of Topliss-reactive ketones (excluding diaryl/α,β-unsaturated/α-hetero) is 1. The summed E-state index contributed by atoms with van der Waals surface area (Å²) in [6.45, 7) is 2.12. The summed E-state index contributed by atoms with van der Waals surface area (Å²) in [4.78, 5) is 15.8. The third-order valence-electron chi connectivity index (χ3n) is 8.16. The third kappa shape index (κ3) is 2.56. The minimum atomic E-state index is -0.530. The van der Waals surface area contributed by atoms with E-state index in [1.807, 2.05) is 0 Å². The van der Waals surface area contributed by atoms with Crippen LogP contribution in [0, 0.1) is 5.92 Å². The molecule has 3 fully saturated rings. The van der Waals surface area contributed by atoms with E-state index in [9.17, 15) is 9.90 Å². The molecule has 2 heterocycles. The van der Waals surface area contributed by atoms with Gasteiger partial charge in [0.1, 0.15) is 0 Å². The molecule has 2 saturated carbocycles. The molecule has 1 spiro atoms. The number of hydrogen-bond acceptors (Lipinski definition) is 5. The third-order valence-corrected chi connectivity index (χ3v) is 9.48. The first-order valence-corrected chi connectivity index (χ1v) is 13.5. The Morgan fingerprint density at radius 3 is 2.97 bits per heavy atom. The van der Waals surface area contributed by atoms with Crippen molar-refractivity contribution in [2.75, 3.05) is 19.3 Å². The number of carbonyl (C=O) groups is 1. The van der Waals surface area contributed by atoms with E-state index in [0.717, 1.165) is 60.5 Å². The van der Waals surface area contributed by atoms with Crippen molar-refractivity contribution in [1.29, 1.82) is 0 Å². The van der Waals surface area contributed by atoms with Gasteiger partial charge in [0.05, 0.1) is 0 Å². The number of nitrogens with zero attached hydrogens (tertiary/aromatic N) is 1. The molecule has 2 bridgehead atoms. The maximum atomic E-state index is 13.2. The molecule has 2 aliphatic heterocycles. The molecule has 1 N–H and O–H groups in total. The molecule has 3 aliphatic carbocycles. The molecule has 0 aromatic heterocycles. The Labute approximate surface area is 190 Å². The van der Waals surface area contributed by atoms with Crippen LogP contribution in [0.3, 0.4) is 0 Å². The zero-order valence-electron chi connectivity index (χ0n) is 17.1. The molecule has 5 atom stereocenters. The number of benzene rings is 1. The molecule has 6 rings (SSSR count). The fourth-order valence-electron chi connectivity index (χ4n) is 6.81. The molecule has 160 valence electrons. The quantitative estimate of drug-likeness (QED) is 0.512. The Hall–Kier alpha value is -0.602. The van der Waals surface area contributed by atoms with E-state index < -0.39 is 17.1 Å². The first-order chi connectivity index (χ1) is 14.5. The van der Waals surface area contributed by atoms with Crippen LogP contribution in [0.4, 0.5) is 0 Å². The van der Waals surface area contributed by atoms with Crippen molar-refractivity contribution in [3.63, 3.8) is 0 Å². The van der Waals surface area contributed by atoms with Crippen LogP contribution in [0.5, 0.6) is 11.5 Å². The first-order valence-electron chi connectivity index (χ1n) is 11.2. The average molecular weight is 597 g/mol. The Bertz CT molecular complexity index is 949. The maximum absolute atomic E-state index is 13.2. The molecule has 1 unspecified atom stereocenters. The standard InChI is InChI=1S/C23H28NO4P.W/c25-16-5-4-15-12-18-23(27-10-1-11-29)7-6-17(26)21-22(23,19(15)20(16)28-21)8-9-24(18)13-14-2-3-14;/h4-5,14,18,21,25H,1-3,6-9,11-13,29H2;/t18-,21+,22+,23-;/m1./s1. The summed E-state index contributed by atoms with van der Waals surface area (Å²) < 4.78 is 14.5. The number of aromatic hydroxyl groups is 1. The van der Waals surface area contributed by atoms with Crippen molar-refractivity contribution in [3.8, 4) is 11.5 Å². The molecule has 1 saturated heterocycles. The molecular formula is C23H28NO4PW. The van der Waals surface area contributed by atoms with Gasteiger partial charge in [-0.2, -0.15) is 0 Å². The summed E-state index contributed by atoms with van der Waals surface area (Å²) >= 11 is 1.37. The van der Waals surface area contributed by atoms with Gasteiger partial charge in [0.2, 0.25) is 0 Å². The number of likely N-dealkylation sites (tertiary alicyclic amines) is 1. The van der Waals surface area contributed by atoms with E-state index in [-0.39, 0.29) is 17.6 Å². The summed E-state index contributed by atoms with van der Waals surface area (Å²) in [5.74, 6) is 1.69. The van der Waals surface area contributed by atoms with Crippen LogP contribution in [0.25, 0.3) is 0 Å². The number of phenolic OH excluding ortho intramolecular Hbond substituents is 1. The van der Waals surface area contributed by atoms with E-state index in [2.05, 4.69) is 20.2 Å². The number of phenols is 1. The van der Waals surface area contributed by atoms with Gasteiger partial charge in [-0.05, 0) is 0 Å². The molecule has 5 nitrogen and oxygen atoms in total. The summed E-state index contributed by atoms with van der Waals surface area (Å²) in [7, 11) is 2.81. The van der Waals surface area contributed by atoms with Gasteiger partial charge in [0.15, 0.2) is 0 Å². The average Bonchev–Trinajstić information content (AvgIpc) is 3.45. The molecule has 30 heavy (non-hydrogen) atoms. The van der Waals surface area contributed by atoms with Crippen LogP contribution in [-0.4, -0.2) is 56.9 Å². The second-order valence-corrected chi connectivity index (χ2v) is 11.9. The molecule has 1 aromatic carbocycles. The van der Waals surface area contributed by atoms with E-state index in [0.29, 0.717) is 12.2 Å². The second kappa shape index (κ2) is 6.95. The SMILES string of the molecule is O=C1CC[C@@]2(O[C](=[W])CCP)[C@H]3Cc4ccc(O)c5c4[C@@]2(CCN3CC2CC2)[C@H]1O5. The topological polar surface area (TPSA) is 59.0 Å². The number of piperidine rings is 1. The monoisotopic (exact) mass is 597 g/mol. The molecule has 0 amide bonds. The van der Waals surface area contributed by atoms with Crippen LogP contribution in [-0.2, 0) is 40.7 Å². The summed E-state index contributed by atoms with van der Waals surface area (Å²) in [5.41, 5.74) is 1.40. The van der Waals surface area contributed by atoms with Gasteiger partial charge >= 0.3 is 191 Å². The van der Waals surface area contributed by atoms with Gasteiger partial charge in [-0.1, -0.05) is 0 Å². The predicted octanol–water partition coefficient (Wildman–Crippen LogP) is 2.49. The fraction of sp³-hybridized carbons (Fsp3) is 0.652. The molecular weight excluding hydrogens is 569 g/mol. The zero-order valence-corrected chi connectivity index (χ0v) is 21.2. The van der Waals surface area contributed by atoms with Crippen molar-refractivity contribution in [2.24, 2.45) is 5.92 Å². The number of ether oxygens (including phenoxy) is 2. The summed E-state index contributed by atoms with van der Waals surface area (Å²) in [6, 6.07) is 4.06. The van der Waals surface area contributed by atoms with Gasteiger partial charge in [0, 0.05) is 0 Å². The Morgan fingerprint density at radius 2 is 2.20 bits per heavy atom. The second-order valence-electron chi connectivity index (χ2n) is 9.69. The van der Waals surface area contributed by atoms with Crippen molar-refractivity contribution in [2.45, 2.75) is 68.1 Å². The predicted molar refractivity (Wildman–Crippen MR) is 113 cm³/mol. The van der Waals surface area contributed by atoms with Crippen molar-refractivity contribution < 1.29 is 38.7 Å². The number of ketones is 1. The van der Waals surface area contributed by atoms with E-state index in [4.69, 9.17) is 9.47 Å². The van der Waals surface area contributed by atoms with Gasteiger partial charge in [-0.15, -0.1) is 0 Å². The van der Waals surface area contributed by atoms with Crippen LogP contribution >= 0.6 is 9.24 Å². The van der Waals surface area contributed by atoms with E-state index in [1.165, 1.54) is 37.8 Å². The van der Waals surface area contributed by atoms with Crippen LogP contribution in [0.15, 0.2) is 12.1 Å². The van der Waals surface area contributed by atoms with E-state index >= 15 is 0 Å². The molecule has 7 heteroatoms. The van der Waals surface area contributed by atoms with Crippen molar-refractivity contribution >= 4 is 19.1 Å². The minimum absolute atomic E-state index is 0.161. The Kier molecular flexibility index (Phi) is 4.64. The first kappa shape index (κ1) is 20.0. The van der Waals surface area contributed by atoms with Crippen molar-refractivity contribution in [3.05, 3.63) is 23.3 Å². The molecule has 0 radical (unpaired) electrons. The van der Waals surface area contributed by atoms with Gasteiger partial charge in [-0.3, -0.25) is 0 Å². The zero-order chi connectivity index (χ0) is 20.7. The normalized spacial score (nSPS) is 36.4. The van der Waals surface area contributed by atoms with Gasteiger partial charge in [-0.25, -0.2) is 0 Å². The van der Waals surface area contributed by atoms with Crippen LogP contribution < -0.4 is 4.74 Å². The Morgan fingerprint density at radius 1 is 1.37 bits per heavy atom. The number of carbonyl (C=O) groups excluding carboxylic acids is 1. The van der Waals surface area contributed by atoms with Crippen molar-refractivity contribution in [1.82, 2.24) is 4.90 Å².